The molecule has 0 fully saturated rings. The zero-order valence-corrected chi connectivity index (χ0v) is 16.4. The molecular formula is C23H28O4. The molecule has 2 aromatic carbocycles. The Labute approximate surface area is 161 Å². The van der Waals surface area contributed by atoms with Crippen molar-refractivity contribution in [1.29, 1.82) is 0 Å². The second-order valence-electron chi connectivity index (χ2n) is 7.36. The van der Waals surface area contributed by atoms with Crippen LogP contribution in [0.15, 0.2) is 42.5 Å². The molecule has 0 amide bonds. The molecule has 2 aliphatic rings. The third kappa shape index (κ3) is 3.01. The van der Waals surface area contributed by atoms with Gasteiger partial charge in [-0.3, -0.25) is 0 Å². The van der Waals surface area contributed by atoms with Crippen LogP contribution in [-0.2, 0) is 50.0 Å². The number of hydrogen-bond donors (Lipinski definition) is 0. The van der Waals surface area contributed by atoms with Crippen molar-refractivity contribution >= 4 is 0 Å². The summed E-state index contributed by atoms with van der Waals surface area (Å²) in [7, 11) is 5.17. The van der Waals surface area contributed by atoms with Crippen LogP contribution in [0.1, 0.15) is 47.1 Å². The average molecular weight is 368 g/mol. The van der Waals surface area contributed by atoms with Crippen LogP contribution in [0.5, 0.6) is 0 Å². The van der Waals surface area contributed by atoms with Gasteiger partial charge in [0.2, 0.25) is 0 Å². The van der Waals surface area contributed by atoms with E-state index < -0.39 is 11.6 Å². The van der Waals surface area contributed by atoms with Gasteiger partial charge in [0, 0.05) is 45.3 Å². The monoisotopic (exact) mass is 368 g/mol. The Kier molecular flexibility index (Phi) is 5.08. The largest absolute Gasteiger partial charge is 0.349 e. The Bertz CT molecular complexity index is 812. The average Bonchev–Trinajstić information content (AvgIpc) is 3.12. The van der Waals surface area contributed by atoms with Gasteiger partial charge in [-0.15, -0.1) is 0 Å². The van der Waals surface area contributed by atoms with E-state index in [1.165, 1.54) is 16.7 Å². The predicted octanol–water partition coefficient (Wildman–Crippen LogP) is 4.43. The lowest BCUT2D eigenvalue weighted by molar-refractivity contribution is -0.247. The molecule has 1 unspecified atom stereocenters. The molecule has 0 spiro atoms. The minimum absolute atomic E-state index is 0.509. The fourth-order valence-corrected chi connectivity index (χ4v) is 4.72. The topological polar surface area (TPSA) is 36.9 Å². The molecule has 0 saturated carbocycles. The Hall–Kier alpha value is -1.72. The van der Waals surface area contributed by atoms with Gasteiger partial charge >= 0.3 is 0 Å². The van der Waals surface area contributed by atoms with E-state index in [0.29, 0.717) is 6.61 Å². The van der Waals surface area contributed by atoms with E-state index in [2.05, 4.69) is 42.5 Å². The maximum Gasteiger partial charge on any atom is 0.195 e. The molecule has 27 heavy (non-hydrogen) atoms. The van der Waals surface area contributed by atoms with Gasteiger partial charge in [-0.05, 0) is 36.0 Å². The minimum atomic E-state index is -0.671. The molecule has 0 aliphatic heterocycles. The Morgan fingerprint density at radius 2 is 1.52 bits per heavy atom. The van der Waals surface area contributed by atoms with Crippen LogP contribution < -0.4 is 0 Å². The van der Waals surface area contributed by atoms with Crippen molar-refractivity contribution in [3.8, 4) is 0 Å². The summed E-state index contributed by atoms with van der Waals surface area (Å²) in [6.07, 6.45) is 4.76. The molecule has 0 bridgehead atoms. The second kappa shape index (κ2) is 7.36. The van der Waals surface area contributed by atoms with Crippen molar-refractivity contribution in [3.63, 3.8) is 0 Å². The number of ether oxygens (including phenoxy) is 4. The molecule has 1 atom stereocenters. The van der Waals surface area contributed by atoms with Crippen molar-refractivity contribution in [2.75, 3.05) is 21.3 Å². The number of aryl methyl sites for hydroxylation is 1. The summed E-state index contributed by atoms with van der Waals surface area (Å²) in [5.74, 6) is -1.31. The molecule has 4 heteroatoms. The van der Waals surface area contributed by atoms with Crippen LogP contribution in [0, 0.1) is 0 Å². The molecule has 0 N–H and O–H groups in total. The quantitative estimate of drug-likeness (QED) is 0.707. The maximum absolute atomic E-state index is 6.49. The van der Waals surface area contributed by atoms with Crippen molar-refractivity contribution < 1.29 is 18.9 Å². The van der Waals surface area contributed by atoms with Crippen molar-refractivity contribution in [2.24, 2.45) is 0 Å². The van der Waals surface area contributed by atoms with Crippen LogP contribution in [0.25, 0.3) is 0 Å². The summed E-state index contributed by atoms with van der Waals surface area (Å²) in [5.41, 5.74) is 6.06. The summed E-state index contributed by atoms with van der Waals surface area (Å²) in [6, 6.07) is 14.8. The summed E-state index contributed by atoms with van der Waals surface area (Å²) >= 11 is 0. The van der Waals surface area contributed by atoms with Gasteiger partial charge in [0.15, 0.2) is 11.6 Å². The van der Waals surface area contributed by atoms with E-state index in [1.54, 1.807) is 21.3 Å². The van der Waals surface area contributed by atoms with Crippen LogP contribution in [0.3, 0.4) is 0 Å². The van der Waals surface area contributed by atoms with E-state index in [-0.39, 0.29) is 0 Å². The Balaban J connectivity index is 1.63. The highest BCUT2D eigenvalue weighted by molar-refractivity contribution is 5.42. The molecule has 0 radical (unpaired) electrons. The van der Waals surface area contributed by atoms with Crippen molar-refractivity contribution in [2.45, 2.75) is 50.3 Å². The van der Waals surface area contributed by atoms with Gasteiger partial charge in [0.05, 0.1) is 6.61 Å². The summed E-state index contributed by atoms with van der Waals surface area (Å²) in [6.45, 7) is 0.509. The Morgan fingerprint density at radius 3 is 2.30 bits per heavy atom. The van der Waals surface area contributed by atoms with Crippen LogP contribution >= 0.6 is 0 Å². The van der Waals surface area contributed by atoms with E-state index in [1.807, 2.05) is 0 Å². The Morgan fingerprint density at radius 1 is 0.778 bits per heavy atom. The van der Waals surface area contributed by atoms with E-state index in [0.717, 1.165) is 43.2 Å². The molecular weight excluding hydrogens is 340 g/mol. The summed E-state index contributed by atoms with van der Waals surface area (Å²) < 4.78 is 23.9. The van der Waals surface area contributed by atoms with Crippen LogP contribution in [-0.4, -0.2) is 21.3 Å². The predicted molar refractivity (Wildman–Crippen MR) is 103 cm³/mol. The molecule has 0 saturated heterocycles. The number of methoxy groups -OCH3 is 3. The van der Waals surface area contributed by atoms with Gasteiger partial charge < -0.3 is 18.9 Å². The molecule has 4 rings (SSSR count). The zero-order valence-electron chi connectivity index (χ0n) is 16.4. The van der Waals surface area contributed by atoms with Gasteiger partial charge in [-0.2, -0.15) is 0 Å². The summed E-state index contributed by atoms with van der Waals surface area (Å²) in [5, 5.41) is 0. The maximum atomic E-state index is 6.49. The van der Waals surface area contributed by atoms with Crippen LogP contribution in [0.4, 0.5) is 0 Å². The summed E-state index contributed by atoms with van der Waals surface area (Å²) in [4.78, 5) is 0. The molecule has 0 heterocycles. The van der Waals surface area contributed by atoms with Gasteiger partial charge in [-0.25, -0.2) is 0 Å². The molecule has 4 nitrogen and oxygen atoms in total. The first kappa shape index (κ1) is 18.6. The van der Waals surface area contributed by atoms with Gasteiger partial charge in [-0.1, -0.05) is 42.5 Å². The molecule has 2 aliphatic carbocycles. The molecule has 2 aromatic rings. The smallest absolute Gasteiger partial charge is 0.195 e. The first-order valence-corrected chi connectivity index (χ1v) is 9.67. The highest BCUT2D eigenvalue weighted by Gasteiger charge is 2.41. The normalized spacial score (nSPS) is 23.1. The first-order valence-electron chi connectivity index (χ1n) is 9.67. The fourth-order valence-electron chi connectivity index (χ4n) is 4.72. The lowest BCUT2D eigenvalue weighted by Gasteiger charge is -2.37. The zero-order chi connectivity index (χ0) is 18.9. The lowest BCUT2D eigenvalue weighted by atomic mass is 9.86. The highest BCUT2D eigenvalue weighted by atomic mass is 16.7. The van der Waals surface area contributed by atoms with E-state index in [4.69, 9.17) is 18.9 Å². The SMILES string of the molecule is COC1(OCc2cccc3c2CCC3(OC)OC)CCCc2ccccc21. The number of hydrogen-bond acceptors (Lipinski definition) is 4. The van der Waals surface area contributed by atoms with E-state index >= 15 is 0 Å². The van der Waals surface area contributed by atoms with E-state index in [9.17, 15) is 0 Å². The third-order valence-electron chi connectivity index (χ3n) is 6.22. The number of benzene rings is 2. The van der Waals surface area contributed by atoms with Gasteiger partial charge in [0.1, 0.15) is 0 Å². The molecule has 0 aromatic heterocycles. The van der Waals surface area contributed by atoms with Crippen molar-refractivity contribution in [3.05, 3.63) is 70.3 Å². The molecule has 144 valence electrons. The van der Waals surface area contributed by atoms with Crippen LogP contribution in [0.2, 0.25) is 0 Å². The third-order valence-corrected chi connectivity index (χ3v) is 6.22. The second-order valence-corrected chi connectivity index (χ2v) is 7.36. The number of rotatable bonds is 6. The minimum Gasteiger partial charge on any atom is -0.349 e. The highest BCUT2D eigenvalue weighted by Crippen LogP contribution is 2.43. The lowest BCUT2D eigenvalue weighted by Crippen LogP contribution is -2.36. The van der Waals surface area contributed by atoms with Gasteiger partial charge in [0.25, 0.3) is 0 Å². The van der Waals surface area contributed by atoms with Crippen molar-refractivity contribution in [1.82, 2.24) is 0 Å². The number of fused-ring (bicyclic) bond motifs is 2. The fraction of sp³-hybridized carbons (Fsp3) is 0.478. The standard InChI is InChI=1S/C23H28O4/c1-24-22(25-2)15-13-19-18(9-6-12-21(19)22)16-27-23(26-3)14-7-10-17-8-4-5-11-20(17)23/h4-6,8-9,11-12H,7,10,13-16H2,1-3H3. The first-order chi connectivity index (χ1) is 13.2.